The van der Waals surface area contributed by atoms with E-state index in [9.17, 15) is 4.79 Å². The number of nitrogens with zero attached hydrogens (tertiary/aromatic N) is 3. The Labute approximate surface area is 164 Å². The van der Waals surface area contributed by atoms with Gasteiger partial charge in [0.05, 0.1) is 12.7 Å². The van der Waals surface area contributed by atoms with E-state index in [-0.39, 0.29) is 12.0 Å². The number of carbonyl (C=O) groups is 1. The highest BCUT2D eigenvalue weighted by molar-refractivity contribution is 14.1. The summed E-state index contributed by atoms with van der Waals surface area (Å²) in [6, 6.07) is 15.5. The summed E-state index contributed by atoms with van der Waals surface area (Å²) in [5.74, 6) is 0.335. The van der Waals surface area contributed by atoms with E-state index in [2.05, 4.69) is 68.3 Å². The number of anilines is 1. The smallest absolute Gasteiger partial charge is 0.337 e. The van der Waals surface area contributed by atoms with Gasteiger partial charge in [0.25, 0.3) is 0 Å². The van der Waals surface area contributed by atoms with E-state index in [1.807, 2.05) is 16.8 Å². The fourth-order valence-electron chi connectivity index (χ4n) is 2.90. The number of benzene rings is 2. The summed E-state index contributed by atoms with van der Waals surface area (Å²) in [4.78, 5) is 16.0. The molecule has 0 radical (unpaired) electrons. The van der Waals surface area contributed by atoms with Gasteiger partial charge in [-0.25, -0.2) is 9.48 Å². The molecule has 130 valence electrons. The lowest BCUT2D eigenvalue weighted by Crippen LogP contribution is -2.20. The molecule has 1 N–H and O–H groups in total. The van der Waals surface area contributed by atoms with Crippen LogP contribution in [0.15, 0.2) is 60.9 Å². The average molecular weight is 458 g/mol. The van der Waals surface area contributed by atoms with Crippen molar-refractivity contribution >= 4 is 40.2 Å². The van der Waals surface area contributed by atoms with Crippen molar-refractivity contribution in [2.24, 2.45) is 0 Å². The lowest BCUT2D eigenvalue weighted by atomic mass is 10.0. The molecule has 2 heterocycles. The van der Waals surface area contributed by atoms with Gasteiger partial charge < -0.3 is 10.1 Å². The first-order chi connectivity index (χ1) is 12.7. The maximum Gasteiger partial charge on any atom is 0.337 e. The molecule has 1 aliphatic rings. The van der Waals surface area contributed by atoms with Crippen LogP contribution in [0.1, 0.15) is 27.5 Å². The van der Waals surface area contributed by atoms with Crippen LogP contribution in [-0.2, 0) is 4.74 Å². The monoisotopic (exact) mass is 458 g/mol. The van der Waals surface area contributed by atoms with Gasteiger partial charge in [-0.15, -0.1) is 0 Å². The van der Waals surface area contributed by atoms with Crippen LogP contribution in [0, 0.1) is 3.57 Å². The van der Waals surface area contributed by atoms with Crippen LogP contribution >= 0.6 is 22.6 Å². The van der Waals surface area contributed by atoms with Gasteiger partial charge in [-0.3, -0.25) is 0 Å². The van der Waals surface area contributed by atoms with Crippen molar-refractivity contribution in [3.05, 3.63) is 81.2 Å². The number of rotatable bonds is 3. The Balaban J connectivity index is 1.73. The zero-order valence-electron chi connectivity index (χ0n) is 13.9. The molecule has 0 saturated heterocycles. The largest absolute Gasteiger partial charge is 0.465 e. The van der Waals surface area contributed by atoms with E-state index in [0.717, 1.165) is 16.8 Å². The van der Waals surface area contributed by atoms with Gasteiger partial charge in [-0.2, -0.15) is 10.1 Å². The minimum absolute atomic E-state index is 0.116. The second-order valence-electron chi connectivity index (χ2n) is 5.80. The number of allylic oxidation sites excluding steroid dienone is 1. The lowest BCUT2D eigenvalue weighted by molar-refractivity contribution is 0.0600. The number of nitrogens with one attached hydrogen (secondary N) is 1. The third kappa shape index (κ3) is 3.10. The molecule has 4 rings (SSSR count). The maximum atomic E-state index is 11.7. The van der Waals surface area contributed by atoms with Gasteiger partial charge in [-0.1, -0.05) is 24.3 Å². The normalized spacial score (nSPS) is 15.6. The van der Waals surface area contributed by atoms with Gasteiger partial charge in [-0.05, 0) is 64.1 Å². The van der Waals surface area contributed by atoms with E-state index >= 15 is 0 Å². The predicted molar refractivity (Wildman–Crippen MR) is 107 cm³/mol. The Kier molecular flexibility index (Phi) is 4.46. The summed E-state index contributed by atoms with van der Waals surface area (Å²) in [7, 11) is 1.38. The molecule has 7 heteroatoms. The lowest BCUT2D eigenvalue weighted by Gasteiger charge is -2.24. The number of halogens is 1. The standard InChI is InChI=1S/C19H15IN4O2/c1-26-18(25)14-4-2-13(3-5-14)17-10-16(12-6-8-15(20)9-7-12)23-19-21-11-22-24(17)19/h2-11,17H,1H3,(H,21,22,23). The molecule has 0 bridgehead atoms. The fourth-order valence-corrected chi connectivity index (χ4v) is 3.26. The molecule has 6 nitrogen and oxygen atoms in total. The third-order valence-corrected chi connectivity index (χ3v) is 4.96. The van der Waals surface area contributed by atoms with Gasteiger partial charge in [0.2, 0.25) is 5.95 Å². The summed E-state index contributed by atoms with van der Waals surface area (Å²) in [6.45, 7) is 0. The van der Waals surface area contributed by atoms with Crippen LogP contribution < -0.4 is 5.32 Å². The van der Waals surface area contributed by atoms with E-state index < -0.39 is 0 Å². The third-order valence-electron chi connectivity index (χ3n) is 4.24. The Morgan fingerprint density at radius 2 is 1.88 bits per heavy atom. The molecule has 0 aliphatic carbocycles. The van der Waals surface area contributed by atoms with Crippen molar-refractivity contribution in [3.63, 3.8) is 0 Å². The topological polar surface area (TPSA) is 69.0 Å². The minimum Gasteiger partial charge on any atom is -0.465 e. The predicted octanol–water partition coefficient (Wildman–Crippen LogP) is 3.73. The summed E-state index contributed by atoms with van der Waals surface area (Å²) in [5.41, 5.74) is 3.58. The Morgan fingerprint density at radius 3 is 2.58 bits per heavy atom. The first-order valence-corrected chi connectivity index (χ1v) is 9.06. The van der Waals surface area contributed by atoms with Gasteiger partial charge in [0.15, 0.2) is 0 Å². The molecule has 3 aromatic rings. The number of hydrogen-bond acceptors (Lipinski definition) is 5. The van der Waals surface area contributed by atoms with Crippen LogP contribution in [0.3, 0.4) is 0 Å². The summed E-state index contributed by atoms with van der Waals surface area (Å²) < 4.78 is 7.77. The number of aromatic nitrogens is 3. The van der Waals surface area contributed by atoms with E-state index in [0.29, 0.717) is 11.5 Å². The number of fused-ring (bicyclic) bond motifs is 1. The Hall–Kier alpha value is -2.68. The van der Waals surface area contributed by atoms with Gasteiger partial charge in [0, 0.05) is 9.27 Å². The fraction of sp³-hybridized carbons (Fsp3) is 0.105. The molecular formula is C19H15IN4O2. The quantitative estimate of drug-likeness (QED) is 0.479. The zero-order valence-corrected chi connectivity index (χ0v) is 16.0. The number of ether oxygens (including phenoxy) is 1. The van der Waals surface area contributed by atoms with Crippen molar-refractivity contribution in [1.82, 2.24) is 14.8 Å². The van der Waals surface area contributed by atoms with E-state index in [1.54, 1.807) is 12.1 Å². The molecular weight excluding hydrogens is 443 g/mol. The second-order valence-corrected chi connectivity index (χ2v) is 7.04. The summed E-state index contributed by atoms with van der Waals surface area (Å²) >= 11 is 2.29. The Bertz CT molecular complexity index is 978. The van der Waals surface area contributed by atoms with Gasteiger partial charge >= 0.3 is 5.97 Å². The first-order valence-electron chi connectivity index (χ1n) is 7.98. The molecule has 0 fully saturated rings. The highest BCUT2D eigenvalue weighted by Crippen LogP contribution is 2.32. The van der Waals surface area contributed by atoms with Crippen molar-refractivity contribution in [2.45, 2.75) is 6.04 Å². The molecule has 1 atom stereocenters. The SMILES string of the molecule is COC(=O)c1ccc(C2C=C(c3ccc(I)cc3)Nc3ncnn32)cc1. The minimum atomic E-state index is -0.349. The Morgan fingerprint density at radius 1 is 1.15 bits per heavy atom. The molecule has 0 spiro atoms. The average Bonchev–Trinajstić information content (AvgIpc) is 3.16. The van der Waals surface area contributed by atoms with Crippen molar-refractivity contribution in [1.29, 1.82) is 0 Å². The van der Waals surface area contributed by atoms with Crippen LogP contribution in [0.25, 0.3) is 5.70 Å². The van der Waals surface area contributed by atoms with Crippen molar-refractivity contribution in [2.75, 3.05) is 12.4 Å². The van der Waals surface area contributed by atoms with Gasteiger partial charge in [0.1, 0.15) is 12.4 Å². The second kappa shape index (κ2) is 6.91. The molecule has 2 aromatic carbocycles. The zero-order chi connectivity index (χ0) is 18.1. The number of methoxy groups -OCH3 is 1. The number of carbonyl (C=O) groups excluding carboxylic acids is 1. The number of hydrogen-bond donors (Lipinski definition) is 1. The van der Waals surface area contributed by atoms with Crippen LogP contribution in [0.2, 0.25) is 0 Å². The molecule has 1 unspecified atom stereocenters. The van der Waals surface area contributed by atoms with E-state index in [4.69, 9.17) is 4.74 Å². The highest BCUT2D eigenvalue weighted by atomic mass is 127. The van der Waals surface area contributed by atoms with E-state index in [1.165, 1.54) is 17.0 Å². The summed E-state index contributed by atoms with van der Waals surface area (Å²) in [5, 5.41) is 7.66. The summed E-state index contributed by atoms with van der Waals surface area (Å²) in [6.07, 6.45) is 3.64. The van der Waals surface area contributed by atoms with Crippen LogP contribution in [0.4, 0.5) is 5.95 Å². The number of esters is 1. The maximum absolute atomic E-state index is 11.7. The molecule has 0 amide bonds. The highest BCUT2D eigenvalue weighted by Gasteiger charge is 2.23. The molecule has 1 aromatic heterocycles. The molecule has 26 heavy (non-hydrogen) atoms. The molecule has 1 aliphatic heterocycles. The van der Waals surface area contributed by atoms with Crippen LogP contribution in [0.5, 0.6) is 0 Å². The van der Waals surface area contributed by atoms with Crippen molar-refractivity contribution in [3.8, 4) is 0 Å². The first kappa shape index (κ1) is 16.8. The van der Waals surface area contributed by atoms with Crippen molar-refractivity contribution < 1.29 is 9.53 Å². The van der Waals surface area contributed by atoms with Crippen LogP contribution in [-0.4, -0.2) is 27.8 Å². The molecule has 0 saturated carbocycles.